The maximum atomic E-state index is 5.36. The fourth-order valence-electron chi connectivity index (χ4n) is 2.00. The van der Waals surface area contributed by atoms with Crippen molar-refractivity contribution < 1.29 is 14.2 Å². The third-order valence-electron chi connectivity index (χ3n) is 3.06. The number of hydrogen-bond acceptors (Lipinski definition) is 4. The first-order valence-corrected chi connectivity index (χ1v) is 6.36. The minimum atomic E-state index is 0.626. The average molecular weight is 273 g/mol. The summed E-state index contributed by atoms with van der Waals surface area (Å²) in [6.45, 7) is 0.626. The second-order valence-corrected chi connectivity index (χ2v) is 4.23. The molecule has 2 aromatic carbocycles. The van der Waals surface area contributed by atoms with Crippen molar-refractivity contribution in [2.45, 2.75) is 6.54 Å². The summed E-state index contributed by atoms with van der Waals surface area (Å²) in [7, 11) is 4.97. The van der Waals surface area contributed by atoms with Gasteiger partial charge in [0.25, 0.3) is 0 Å². The van der Waals surface area contributed by atoms with Crippen molar-refractivity contribution >= 4 is 5.69 Å². The molecule has 4 nitrogen and oxygen atoms in total. The van der Waals surface area contributed by atoms with Crippen molar-refractivity contribution in [3.63, 3.8) is 0 Å². The normalized spacial score (nSPS) is 9.95. The van der Waals surface area contributed by atoms with Gasteiger partial charge in [-0.05, 0) is 30.3 Å². The Labute approximate surface area is 119 Å². The molecule has 0 spiro atoms. The summed E-state index contributed by atoms with van der Waals surface area (Å²) >= 11 is 0. The quantitative estimate of drug-likeness (QED) is 0.876. The number of methoxy groups -OCH3 is 3. The van der Waals surface area contributed by atoms with E-state index in [4.69, 9.17) is 14.2 Å². The molecule has 0 saturated carbocycles. The van der Waals surface area contributed by atoms with Crippen LogP contribution in [0.3, 0.4) is 0 Å². The molecule has 0 bridgehead atoms. The van der Waals surface area contributed by atoms with E-state index in [0.717, 1.165) is 28.5 Å². The van der Waals surface area contributed by atoms with Gasteiger partial charge in [-0.1, -0.05) is 12.1 Å². The highest BCUT2D eigenvalue weighted by molar-refractivity contribution is 5.57. The Morgan fingerprint density at radius 2 is 1.60 bits per heavy atom. The molecular formula is C16H19NO3. The van der Waals surface area contributed by atoms with Crippen LogP contribution < -0.4 is 19.5 Å². The maximum Gasteiger partial charge on any atom is 0.141 e. The Hall–Kier alpha value is -2.36. The molecule has 0 aromatic heterocycles. The zero-order valence-corrected chi connectivity index (χ0v) is 12.0. The van der Waals surface area contributed by atoms with Crippen LogP contribution in [0.1, 0.15) is 5.56 Å². The van der Waals surface area contributed by atoms with Crippen molar-refractivity contribution in [3.05, 3.63) is 48.0 Å². The molecule has 0 saturated heterocycles. The molecule has 20 heavy (non-hydrogen) atoms. The van der Waals surface area contributed by atoms with Crippen LogP contribution in [-0.2, 0) is 6.54 Å². The summed E-state index contributed by atoms with van der Waals surface area (Å²) in [6, 6.07) is 13.5. The van der Waals surface area contributed by atoms with E-state index in [1.165, 1.54) is 0 Å². The molecule has 2 rings (SSSR count). The van der Waals surface area contributed by atoms with Gasteiger partial charge in [0.1, 0.15) is 17.2 Å². The second kappa shape index (κ2) is 6.70. The van der Waals surface area contributed by atoms with Crippen LogP contribution in [0.25, 0.3) is 0 Å². The van der Waals surface area contributed by atoms with Crippen LogP contribution >= 0.6 is 0 Å². The van der Waals surface area contributed by atoms with Crippen LogP contribution in [-0.4, -0.2) is 21.3 Å². The lowest BCUT2D eigenvalue weighted by molar-refractivity contribution is 0.399. The van der Waals surface area contributed by atoms with E-state index < -0.39 is 0 Å². The minimum absolute atomic E-state index is 0.626. The highest BCUT2D eigenvalue weighted by Crippen LogP contribution is 2.27. The van der Waals surface area contributed by atoms with Gasteiger partial charge in [-0.2, -0.15) is 0 Å². The van der Waals surface area contributed by atoms with Crippen molar-refractivity contribution in [1.82, 2.24) is 0 Å². The van der Waals surface area contributed by atoms with Gasteiger partial charge in [0.05, 0.1) is 27.0 Å². The summed E-state index contributed by atoms with van der Waals surface area (Å²) in [5, 5.41) is 3.35. The van der Waals surface area contributed by atoms with Crippen LogP contribution in [0, 0.1) is 0 Å². The first-order chi connectivity index (χ1) is 9.78. The lowest BCUT2D eigenvalue weighted by atomic mass is 10.1. The smallest absolute Gasteiger partial charge is 0.141 e. The van der Waals surface area contributed by atoms with Crippen LogP contribution in [0.15, 0.2) is 42.5 Å². The first-order valence-electron chi connectivity index (χ1n) is 6.36. The lowest BCUT2D eigenvalue weighted by Crippen LogP contribution is -2.03. The van der Waals surface area contributed by atoms with E-state index in [1.807, 2.05) is 42.5 Å². The van der Waals surface area contributed by atoms with Crippen LogP contribution in [0.4, 0.5) is 5.69 Å². The van der Waals surface area contributed by atoms with Crippen molar-refractivity contribution in [1.29, 1.82) is 0 Å². The van der Waals surface area contributed by atoms with E-state index in [1.54, 1.807) is 21.3 Å². The SMILES string of the molecule is COc1ccc(OC)c(CNc2ccccc2OC)c1. The summed E-state index contributed by atoms with van der Waals surface area (Å²) in [6.07, 6.45) is 0. The fourth-order valence-corrected chi connectivity index (χ4v) is 2.00. The number of benzene rings is 2. The van der Waals surface area contributed by atoms with Gasteiger partial charge in [-0.3, -0.25) is 0 Å². The Morgan fingerprint density at radius 1 is 0.850 bits per heavy atom. The van der Waals surface area contributed by atoms with Crippen molar-refractivity contribution in [3.8, 4) is 17.2 Å². The number of hydrogen-bond donors (Lipinski definition) is 1. The Balaban J connectivity index is 2.17. The molecule has 0 unspecified atom stereocenters. The molecule has 2 aromatic rings. The van der Waals surface area contributed by atoms with Crippen LogP contribution in [0.5, 0.6) is 17.2 Å². The molecule has 0 aliphatic carbocycles. The zero-order valence-electron chi connectivity index (χ0n) is 12.0. The van der Waals surface area contributed by atoms with E-state index in [-0.39, 0.29) is 0 Å². The number of anilines is 1. The van der Waals surface area contributed by atoms with Gasteiger partial charge in [-0.15, -0.1) is 0 Å². The molecule has 0 aliphatic heterocycles. The Bertz CT molecular complexity index is 569. The monoisotopic (exact) mass is 273 g/mol. The van der Waals surface area contributed by atoms with E-state index in [9.17, 15) is 0 Å². The van der Waals surface area contributed by atoms with Gasteiger partial charge < -0.3 is 19.5 Å². The average Bonchev–Trinajstić information content (AvgIpc) is 2.52. The van der Waals surface area contributed by atoms with Gasteiger partial charge in [0.2, 0.25) is 0 Å². The summed E-state index contributed by atoms with van der Waals surface area (Å²) in [5.41, 5.74) is 1.97. The van der Waals surface area contributed by atoms with Gasteiger partial charge in [0, 0.05) is 12.1 Å². The molecule has 106 valence electrons. The van der Waals surface area contributed by atoms with E-state index >= 15 is 0 Å². The third-order valence-corrected chi connectivity index (χ3v) is 3.06. The lowest BCUT2D eigenvalue weighted by Gasteiger charge is -2.14. The van der Waals surface area contributed by atoms with E-state index in [0.29, 0.717) is 6.54 Å². The minimum Gasteiger partial charge on any atom is -0.497 e. The summed E-state index contributed by atoms with van der Waals surface area (Å²) in [4.78, 5) is 0. The molecule has 4 heteroatoms. The molecule has 1 N–H and O–H groups in total. The predicted octanol–water partition coefficient (Wildman–Crippen LogP) is 3.32. The number of rotatable bonds is 6. The highest BCUT2D eigenvalue weighted by Gasteiger charge is 2.06. The molecule has 0 amide bonds. The van der Waals surface area contributed by atoms with Gasteiger partial charge in [-0.25, -0.2) is 0 Å². The molecule has 0 fully saturated rings. The van der Waals surface area contributed by atoms with Gasteiger partial charge in [0.15, 0.2) is 0 Å². The fraction of sp³-hybridized carbons (Fsp3) is 0.250. The number of para-hydroxylation sites is 2. The molecule has 0 heterocycles. The summed E-state index contributed by atoms with van der Waals surface area (Å²) in [5.74, 6) is 2.45. The molecule has 0 atom stereocenters. The predicted molar refractivity (Wildman–Crippen MR) is 79.9 cm³/mol. The van der Waals surface area contributed by atoms with Crippen LogP contribution in [0.2, 0.25) is 0 Å². The molecule has 0 radical (unpaired) electrons. The maximum absolute atomic E-state index is 5.36. The standard InChI is InChI=1S/C16H19NO3/c1-18-13-8-9-15(19-2)12(10-13)11-17-14-6-4-5-7-16(14)20-3/h4-10,17H,11H2,1-3H3. The number of ether oxygens (including phenoxy) is 3. The largest absolute Gasteiger partial charge is 0.497 e. The molecule has 0 aliphatic rings. The Morgan fingerprint density at radius 3 is 2.30 bits per heavy atom. The third kappa shape index (κ3) is 3.15. The first kappa shape index (κ1) is 14.1. The zero-order chi connectivity index (χ0) is 14.4. The van der Waals surface area contributed by atoms with E-state index in [2.05, 4.69) is 5.32 Å². The number of nitrogens with one attached hydrogen (secondary N) is 1. The topological polar surface area (TPSA) is 39.7 Å². The highest BCUT2D eigenvalue weighted by atomic mass is 16.5. The molecular weight excluding hydrogens is 254 g/mol. The van der Waals surface area contributed by atoms with Crippen molar-refractivity contribution in [2.75, 3.05) is 26.6 Å². The van der Waals surface area contributed by atoms with Gasteiger partial charge >= 0.3 is 0 Å². The Kier molecular flexibility index (Phi) is 4.71. The second-order valence-electron chi connectivity index (χ2n) is 4.23. The van der Waals surface area contributed by atoms with Crippen molar-refractivity contribution in [2.24, 2.45) is 0 Å². The summed E-state index contributed by atoms with van der Waals surface area (Å²) < 4.78 is 15.9.